The van der Waals surface area contributed by atoms with Crippen LogP contribution in [0.25, 0.3) is 0 Å². The zero-order valence-corrected chi connectivity index (χ0v) is 13.2. The highest BCUT2D eigenvalue weighted by molar-refractivity contribution is 5.83. The SMILES string of the molecule is O=C(N/N=C/NNC(=O)C(O)c1ccccc1)C(O)c1ccccc1. The first-order chi connectivity index (χ1) is 12.1. The highest BCUT2D eigenvalue weighted by Crippen LogP contribution is 2.12. The first-order valence-corrected chi connectivity index (χ1v) is 7.42. The van der Waals surface area contributed by atoms with Crippen molar-refractivity contribution in [1.29, 1.82) is 0 Å². The molecule has 2 atom stereocenters. The van der Waals surface area contributed by atoms with Gasteiger partial charge in [0, 0.05) is 0 Å². The number of nitrogens with zero attached hydrogens (tertiary/aromatic N) is 1. The molecule has 0 saturated heterocycles. The van der Waals surface area contributed by atoms with Crippen LogP contribution in [0.5, 0.6) is 0 Å². The Morgan fingerprint density at radius 3 is 1.84 bits per heavy atom. The number of amides is 2. The van der Waals surface area contributed by atoms with E-state index in [0.717, 1.165) is 6.34 Å². The van der Waals surface area contributed by atoms with Gasteiger partial charge in [0.15, 0.2) is 12.2 Å². The molecule has 8 heteroatoms. The summed E-state index contributed by atoms with van der Waals surface area (Å²) in [5.74, 6) is -1.41. The highest BCUT2D eigenvalue weighted by Gasteiger charge is 2.17. The number of carbonyl (C=O) groups excluding carboxylic acids is 2. The third-order valence-corrected chi connectivity index (χ3v) is 3.23. The topological polar surface area (TPSA) is 123 Å². The molecule has 0 saturated carbocycles. The van der Waals surface area contributed by atoms with Crippen molar-refractivity contribution in [3.63, 3.8) is 0 Å². The second-order valence-corrected chi connectivity index (χ2v) is 4.99. The first kappa shape index (κ1) is 18.1. The summed E-state index contributed by atoms with van der Waals surface area (Å²) in [7, 11) is 0. The van der Waals surface area contributed by atoms with Crippen LogP contribution in [0, 0.1) is 0 Å². The van der Waals surface area contributed by atoms with Gasteiger partial charge in [-0.2, -0.15) is 5.10 Å². The number of rotatable bonds is 7. The smallest absolute Gasteiger partial charge is 0.273 e. The molecule has 0 heterocycles. The number of hydrogen-bond acceptors (Lipinski definition) is 5. The van der Waals surface area contributed by atoms with Gasteiger partial charge in [0.05, 0.1) is 0 Å². The van der Waals surface area contributed by atoms with Gasteiger partial charge in [0.1, 0.15) is 6.34 Å². The lowest BCUT2D eigenvalue weighted by atomic mass is 10.1. The van der Waals surface area contributed by atoms with Crippen molar-refractivity contribution in [2.24, 2.45) is 5.10 Å². The summed E-state index contributed by atoms with van der Waals surface area (Å²) < 4.78 is 0. The molecule has 0 radical (unpaired) electrons. The van der Waals surface area contributed by atoms with E-state index >= 15 is 0 Å². The number of benzene rings is 2. The van der Waals surface area contributed by atoms with E-state index in [2.05, 4.69) is 21.4 Å². The lowest BCUT2D eigenvalue weighted by molar-refractivity contribution is -0.130. The standard InChI is InChI=1S/C17H18N4O4/c22-14(12-7-3-1-4-8-12)16(24)20-18-11-19-21-17(25)15(23)13-9-5-2-6-10-13/h1-11,14-15,22-23H,(H,18,19)(H,20,24)(H,21,25). The van der Waals surface area contributed by atoms with Crippen molar-refractivity contribution in [1.82, 2.24) is 16.3 Å². The highest BCUT2D eigenvalue weighted by atomic mass is 16.3. The van der Waals surface area contributed by atoms with Gasteiger partial charge in [-0.05, 0) is 11.1 Å². The normalized spacial score (nSPS) is 13.0. The molecular formula is C17H18N4O4. The molecular weight excluding hydrogens is 324 g/mol. The molecule has 0 aliphatic rings. The van der Waals surface area contributed by atoms with Crippen LogP contribution in [-0.2, 0) is 9.59 Å². The molecule has 25 heavy (non-hydrogen) atoms. The van der Waals surface area contributed by atoms with Crippen LogP contribution in [0.4, 0.5) is 0 Å². The Kier molecular flexibility index (Phi) is 6.64. The predicted molar refractivity (Wildman–Crippen MR) is 90.7 cm³/mol. The quantitative estimate of drug-likeness (QED) is 0.278. The Labute approximate surface area is 144 Å². The van der Waals surface area contributed by atoms with Crippen molar-refractivity contribution in [3.05, 3.63) is 71.8 Å². The predicted octanol–water partition coefficient (Wildman–Crippen LogP) is 0.134. The Morgan fingerprint density at radius 2 is 1.32 bits per heavy atom. The minimum Gasteiger partial charge on any atom is -0.378 e. The molecule has 0 aliphatic heterocycles. The lowest BCUT2D eigenvalue weighted by Crippen LogP contribution is -2.40. The lowest BCUT2D eigenvalue weighted by Gasteiger charge is -2.11. The molecule has 2 rings (SSSR count). The zero-order chi connectivity index (χ0) is 18.1. The van der Waals surface area contributed by atoms with E-state index in [4.69, 9.17) is 0 Å². The second kappa shape index (κ2) is 9.16. The zero-order valence-electron chi connectivity index (χ0n) is 13.2. The molecule has 2 unspecified atom stereocenters. The van der Waals surface area contributed by atoms with Crippen LogP contribution in [0.2, 0.25) is 0 Å². The number of hydrogen-bond donors (Lipinski definition) is 5. The van der Waals surface area contributed by atoms with Gasteiger partial charge < -0.3 is 10.2 Å². The maximum atomic E-state index is 11.7. The molecule has 0 aromatic heterocycles. The van der Waals surface area contributed by atoms with Crippen LogP contribution >= 0.6 is 0 Å². The van der Waals surface area contributed by atoms with E-state index < -0.39 is 24.0 Å². The molecule has 5 N–H and O–H groups in total. The number of hydrazine groups is 1. The molecule has 0 fully saturated rings. The van der Waals surface area contributed by atoms with Gasteiger partial charge in [-0.25, -0.2) is 5.43 Å². The fraction of sp³-hybridized carbons (Fsp3) is 0.118. The van der Waals surface area contributed by atoms with Gasteiger partial charge in [-0.1, -0.05) is 60.7 Å². The molecule has 2 aromatic carbocycles. The van der Waals surface area contributed by atoms with Gasteiger partial charge in [0.25, 0.3) is 11.8 Å². The Morgan fingerprint density at radius 1 is 0.840 bits per heavy atom. The monoisotopic (exact) mass is 342 g/mol. The number of nitrogens with one attached hydrogen (secondary N) is 3. The summed E-state index contributed by atoms with van der Waals surface area (Å²) in [6.45, 7) is 0. The van der Waals surface area contributed by atoms with E-state index in [1.165, 1.54) is 0 Å². The van der Waals surface area contributed by atoms with Crippen LogP contribution < -0.4 is 16.3 Å². The minimum atomic E-state index is -1.35. The van der Waals surface area contributed by atoms with Crippen LogP contribution in [-0.4, -0.2) is 28.4 Å². The average Bonchev–Trinajstić information content (AvgIpc) is 2.67. The van der Waals surface area contributed by atoms with Crippen molar-refractivity contribution in [2.45, 2.75) is 12.2 Å². The largest absolute Gasteiger partial charge is 0.378 e. The molecule has 130 valence electrons. The van der Waals surface area contributed by atoms with Crippen molar-refractivity contribution in [3.8, 4) is 0 Å². The molecule has 2 amide bonds. The molecule has 0 bridgehead atoms. The Balaban J connectivity index is 1.74. The van der Waals surface area contributed by atoms with Gasteiger partial charge >= 0.3 is 0 Å². The fourth-order valence-corrected chi connectivity index (χ4v) is 1.93. The van der Waals surface area contributed by atoms with Crippen LogP contribution in [0.15, 0.2) is 65.8 Å². The number of hydrazone groups is 1. The summed E-state index contributed by atoms with van der Waals surface area (Å²) in [4.78, 5) is 23.4. The number of aliphatic hydroxyl groups is 2. The number of aliphatic hydroxyl groups excluding tert-OH is 2. The third kappa shape index (κ3) is 5.41. The number of carbonyl (C=O) groups is 2. The average molecular weight is 342 g/mol. The summed E-state index contributed by atoms with van der Waals surface area (Å²) in [6.07, 6.45) is -1.69. The summed E-state index contributed by atoms with van der Waals surface area (Å²) in [5.41, 5.74) is 7.53. The summed E-state index contributed by atoms with van der Waals surface area (Å²) in [5, 5.41) is 23.2. The van der Waals surface area contributed by atoms with Gasteiger partial charge in [0.2, 0.25) is 0 Å². The second-order valence-electron chi connectivity index (χ2n) is 4.99. The van der Waals surface area contributed by atoms with Crippen molar-refractivity contribution >= 4 is 18.2 Å². The van der Waals surface area contributed by atoms with E-state index in [1.54, 1.807) is 60.7 Å². The fourth-order valence-electron chi connectivity index (χ4n) is 1.93. The summed E-state index contributed by atoms with van der Waals surface area (Å²) >= 11 is 0. The maximum Gasteiger partial charge on any atom is 0.273 e. The third-order valence-electron chi connectivity index (χ3n) is 3.23. The minimum absolute atomic E-state index is 0.433. The first-order valence-electron chi connectivity index (χ1n) is 7.42. The van der Waals surface area contributed by atoms with Crippen molar-refractivity contribution in [2.75, 3.05) is 0 Å². The van der Waals surface area contributed by atoms with Gasteiger partial charge in [-0.3, -0.25) is 20.4 Å². The van der Waals surface area contributed by atoms with E-state index in [0.29, 0.717) is 11.1 Å². The van der Waals surface area contributed by atoms with Crippen molar-refractivity contribution < 1.29 is 19.8 Å². The van der Waals surface area contributed by atoms with E-state index in [1.807, 2.05) is 0 Å². The van der Waals surface area contributed by atoms with Crippen LogP contribution in [0.1, 0.15) is 23.3 Å². The molecule has 0 spiro atoms. The van der Waals surface area contributed by atoms with Gasteiger partial charge in [-0.15, -0.1) is 0 Å². The summed E-state index contributed by atoms with van der Waals surface area (Å²) in [6, 6.07) is 16.8. The van der Waals surface area contributed by atoms with E-state index in [9.17, 15) is 19.8 Å². The Hall–Kier alpha value is -3.23. The molecule has 8 nitrogen and oxygen atoms in total. The molecule has 2 aromatic rings. The van der Waals surface area contributed by atoms with E-state index in [-0.39, 0.29) is 0 Å². The van der Waals surface area contributed by atoms with Crippen LogP contribution in [0.3, 0.4) is 0 Å². The maximum absolute atomic E-state index is 11.7. The Bertz CT molecular complexity index is 722. The molecule has 0 aliphatic carbocycles.